The number of carbonyl (C=O) groups excluding carboxylic acids is 2. The lowest BCUT2D eigenvalue weighted by molar-refractivity contribution is -0.123. The molecule has 6 nitrogen and oxygen atoms in total. The van der Waals surface area contributed by atoms with Crippen molar-refractivity contribution in [3.05, 3.63) is 88.0 Å². The van der Waals surface area contributed by atoms with Gasteiger partial charge >= 0.3 is 0 Å². The quantitative estimate of drug-likeness (QED) is 0.356. The zero-order valence-corrected chi connectivity index (χ0v) is 19.0. The summed E-state index contributed by atoms with van der Waals surface area (Å²) in [6.45, 7) is 1.77. The number of aromatic nitrogens is 1. The molecule has 2 aromatic heterocycles. The Labute approximate surface area is 194 Å². The number of hydrogen-bond acceptors (Lipinski definition) is 4. The van der Waals surface area contributed by atoms with Crippen LogP contribution in [-0.2, 0) is 11.2 Å². The second kappa shape index (κ2) is 9.87. The molecule has 8 heteroatoms. The standard InChI is InChI=1S/C25H24FN3O3S/c1-15(16-9-10-22(32-2)19(26)12-16)28-24(30)21(29-25(31)23-8-5-11-33-23)13-17-14-27-20-7-4-3-6-18(17)20/h3-12,14-15,21,27H,13H2,1-2H3,(H,28,30)(H,29,31)/t15?,21-/m0/s1. The lowest BCUT2D eigenvalue weighted by Gasteiger charge is -2.22. The molecule has 0 fully saturated rings. The third-order valence-corrected chi connectivity index (χ3v) is 6.37. The first-order valence-electron chi connectivity index (χ1n) is 10.5. The van der Waals surface area contributed by atoms with Crippen molar-refractivity contribution < 1.29 is 18.7 Å². The van der Waals surface area contributed by atoms with Crippen molar-refractivity contribution >= 4 is 34.1 Å². The number of halogens is 1. The van der Waals surface area contributed by atoms with Gasteiger partial charge in [-0.1, -0.05) is 30.3 Å². The van der Waals surface area contributed by atoms with E-state index in [0.29, 0.717) is 16.9 Å². The molecule has 2 amide bonds. The summed E-state index contributed by atoms with van der Waals surface area (Å²) in [5, 5.41) is 8.57. The van der Waals surface area contributed by atoms with Crippen LogP contribution < -0.4 is 15.4 Å². The van der Waals surface area contributed by atoms with E-state index in [1.54, 1.807) is 25.1 Å². The minimum atomic E-state index is -0.815. The van der Waals surface area contributed by atoms with Crippen LogP contribution in [0.25, 0.3) is 10.9 Å². The number of methoxy groups -OCH3 is 1. The average Bonchev–Trinajstić information content (AvgIpc) is 3.49. The van der Waals surface area contributed by atoms with Crippen molar-refractivity contribution in [1.82, 2.24) is 15.6 Å². The molecule has 0 spiro atoms. The van der Waals surface area contributed by atoms with Crippen molar-refractivity contribution in [2.24, 2.45) is 0 Å². The molecule has 0 saturated carbocycles. The maximum absolute atomic E-state index is 14.1. The highest BCUT2D eigenvalue weighted by Crippen LogP contribution is 2.23. The number of nitrogens with one attached hydrogen (secondary N) is 3. The van der Waals surface area contributed by atoms with Crippen LogP contribution in [0.5, 0.6) is 5.75 Å². The van der Waals surface area contributed by atoms with Gasteiger partial charge in [-0.15, -0.1) is 11.3 Å². The van der Waals surface area contributed by atoms with Crippen LogP contribution in [0, 0.1) is 5.82 Å². The fraction of sp³-hybridized carbons (Fsp3) is 0.200. The molecule has 3 N–H and O–H groups in total. The van der Waals surface area contributed by atoms with Gasteiger partial charge in [-0.3, -0.25) is 9.59 Å². The first-order valence-corrected chi connectivity index (χ1v) is 11.4. The Kier molecular flexibility index (Phi) is 6.74. The summed E-state index contributed by atoms with van der Waals surface area (Å²) in [5.41, 5.74) is 2.47. The average molecular weight is 466 g/mol. The molecule has 0 bridgehead atoms. The Balaban J connectivity index is 1.55. The SMILES string of the molecule is COc1ccc(C(C)NC(=O)[C@H](Cc2c[nH]c3ccccc23)NC(=O)c2cccs2)cc1F. The summed E-state index contributed by atoms with van der Waals surface area (Å²) in [6, 6.07) is 14.6. The van der Waals surface area contributed by atoms with E-state index in [4.69, 9.17) is 4.74 Å². The van der Waals surface area contributed by atoms with Gasteiger partial charge in [-0.05, 0) is 47.7 Å². The summed E-state index contributed by atoms with van der Waals surface area (Å²) in [4.78, 5) is 29.7. The lowest BCUT2D eigenvalue weighted by atomic mass is 10.0. The van der Waals surface area contributed by atoms with Gasteiger partial charge in [0.25, 0.3) is 5.91 Å². The Morgan fingerprint density at radius 2 is 1.94 bits per heavy atom. The monoisotopic (exact) mass is 465 g/mol. The van der Waals surface area contributed by atoms with Gasteiger partial charge in [0.1, 0.15) is 6.04 Å². The number of aromatic amines is 1. The minimum absolute atomic E-state index is 0.137. The molecule has 33 heavy (non-hydrogen) atoms. The second-order valence-electron chi connectivity index (χ2n) is 7.69. The van der Waals surface area contributed by atoms with Crippen molar-refractivity contribution in [3.8, 4) is 5.75 Å². The largest absolute Gasteiger partial charge is 0.494 e. The predicted octanol–water partition coefficient (Wildman–Crippen LogP) is 4.60. The molecular formula is C25H24FN3O3S. The van der Waals surface area contributed by atoms with Crippen molar-refractivity contribution in [2.75, 3.05) is 7.11 Å². The molecule has 2 heterocycles. The molecule has 4 rings (SSSR count). The number of carbonyl (C=O) groups is 2. The van der Waals surface area contributed by atoms with E-state index in [-0.39, 0.29) is 17.6 Å². The van der Waals surface area contributed by atoms with E-state index in [9.17, 15) is 14.0 Å². The molecule has 0 aliphatic heterocycles. The van der Waals surface area contributed by atoms with Crippen molar-refractivity contribution in [2.45, 2.75) is 25.4 Å². The van der Waals surface area contributed by atoms with E-state index in [2.05, 4.69) is 15.6 Å². The molecule has 1 unspecified atom stereocenters. The smallest absolute Gasteiger partial charge is 0.262 e. The van der Waals surface area contributed by atoms with Gasteiger partial charge in [-0.25, -0.2) is 4.39 Å². The highest BCUT2D eigenvalue weighted by atomic mass is 32.1. The summed E-state index contributed by atoms with van der Waals surface area (Å²) < 4.78 is 19.1. The molecule has 0 aliphatic rings. The molecule has 2 atom stereocenters. The van der Waals surface area contributed by atoms with Crippen LogP contribution in [0.1, 0.15) is 33.8 Å². The lowest BCUT2D eigenvalue weighted by Crippen LogP contribution is -2.48. The summed E-state index contributed by atoms with van der Waals surface area (Å²) >= 11 is 1.31. The van der Waals surface area contributed by atoms with E-state index < -0.39 is 17.9 Å². The normalized spacial score (nSPS) is 12.8. The minimum Gasteiger partial charge on any atom is -0.494 e. The first kappa shape index (κ1) is 22.5. The Hall–Kier alpha value is -3.65. The van der Waals surface area contributed by atoms with Gasteiger partial charge in [0, 0.05) is 23.5 Å². The van der Waals surface area contributed by atoms with Crippen LogP contribution in [0.4, 0.5) is 4.39 Å². The van der Waals surface area contributed by atoms with Gasteiger partial charge in [0.05, 0.1) is 18.0 Å². The van der Waals surface area contributed by atoms with Gasteiger partial charge in [0.15, 0.2) is 11.6 Å². The highest BCUT2D eigenvalue weighted by Gasteiger charge is 2.25. The second-order valence-corrected chi connectivity index (χ2v) is 8.64. The molecule has 0 saturated heterocycles. The predicted molar refractivity (Wildman–Crippen MR) is 127 cm³/mol. The third-order valence-electron chi connectivity index (χ3n) is 5.50. The highest BCUT2D eigenvalue weighted by molar-refractivity contribution is 7.12. The van der Waals surface area contributed by atoms with Gasteiger partial charge < -0.3 is 20.4 Å². The maximum atomic E-state index is 14.1. The van der Waals surface area contributed by atoms with Crippen LogP contribution in [0.15, 0.2) is 66.2 Å². The molecular weight excluding hydrogens is 441 g/mol. The zero-order valence-electron chi connectivity index (χ0n) is 18.2. The van der Waals surface area contributed by atoms with Crippen LogP contribution in [0.3, 0.4) is 0 Å². The van der Waals surface area contributed by atoms with Crippen molar-refractivity contribution in [3.63, 3.8) is 0 Å². The van der Waals surface area contributed by atoms with Gasteiger partial charge in [0.2, 0.25) is 5.91 Å². The summed E-state index contributed by atoms with van der Waals surface area (Å²) in [7, 11) is 1.40. The van der Waals surface area contributed by atoms with Crippen LogP contribution in [-0.4, -0.2) is 29.9 Å². The Morgan fingerprint density at radius 1 is 1.12 bits per heavy atom. The summed E-state index contributed by atoms with van der Waals surface area (Å²) in [5.74, 6) is -1.03. The van der Waals surface area contributed by atoms with Crippen molar-refractivity contribution in [1.29, 1.82) is 0 Å². The number of para-hydroxylation sites is 1. The fourth-order valence-electron chi connectivity index (χ4n) is 3.72. The van der Waals surface area contributed by atoms with E-state index in [1.807, 2.05) is 35.8 Å². The molecule has 0 aliphatic carbocycles. The van der Waals surface area contributed by atoms with E-state index in [0.717, 1.165) is 16.5 Å². The molecule has 4 aromatic rings. The number of hydrogen-bond donors (Lipinski definition) is 3. The van der Waals surface area contributed by atoms with Crippen LogP contribution >= 0.6 is 11.3 Å². The van der Waals surface area contributed by atoms with E-state index >= 15 is 0 Å². The Morgan fingerprint density at radius 3 is 2.67 bits per heavy atom. The number of thiophene rings is 1. The number of amides is 2. The Bertz CT molecular complexity index is 1270. The number of fused-ring (bicyclic) bond motifs is 1. The number of rotatable bonds is 8. The van der Waals surface area contributed by atoms with Crippen LogP contribution in [0.2, 0.25) is 0 Å². The number of benzene rings is 2. The molecule has 2 aromatic carbocycles. The summed E-state index contributed by atoms with van der Waals surface area (Å²) in [6.07, 6.45) is 2.15. The number of ether oxygens (including phenoxy) is 1. The maximum Gasteiger partial charge on any atom is 0.262 e. The zero-order chi connectivity index (χ0) is 23.4. The first-order chi connectivity index (χ1) is 16.0. The number of H-pyrrole nitrogens is 1. The topological polar surface area (TPSA) is 83.2 Å². The van der Waals surface area contributed by atoms with Gasteiger partial charge in [-0.2, -0.15) is 0 Å². The third kappa shape index (κ3) is 5.06. The van der Waals surface area contributed by atoms with E-state index in [1.165, 1.54) is 30.6 Å². The molecule has 0 radical (unpaired) electrons. The molecule has 170 valence electrons. The fourth-order valence-corrected chi connectivity index (χ4v) is 4.34.